The van der Waals surface area contributed by atoms with Crippen molar-refractivity contribution in [3.05, 3.63) is 80.3 Å². The van der Waals surface area contributed by atoms with Gasteiger partial charge in [0.05, 0.1) is 4.92 Å². The first-order chi connectivity index (χ1) is 10.5. The number of nitrogens with zero attached hydrogens (tertiary/aromatic N) is 1. The van der Waals surface area contributed by atoms with E-state index in [1.165, 1.54) is 24.3 Å². The number of ether oxygens (including phenoxy) is 1. The van der Waals surface area contributed by atoms with Gasteiger partial charge in [0.1, 0.15) is 6.61 Å². The Kier molecular flexibility index (Phi) is 5.43. The van der Waals surface area contributed by atoms with Gasteiger partial charge in [0, 0.05) is 22.7 Å². The summed E-state index contributed by atoms with van der Waals surface area (Å²) in [5.74, 6) is -0.508. The number of hydrogen-bond acceptors (Lipinski definition) is 4. The molecule has 0 atom stereocenters. The lowest BCUT2D eigenvalue weighted by molar-refractivity contribution is -0.384. The lowest BCUT2D eigenvalue weighted by Gasteiger charge is -2.02. The van der Waals surface area contributed by atoms with Gasteiger partial charge in [0.2, 0.25) is 0 Å². The fourth-order valence-corrected chi connectivity index (χ4v) is 2.18. The molecule has 0 unspecified atom stereocenters. The van der Waals surface area contributed by atoms with Crippen molar-refractivity contribution in [1.82, 2.24) is 0 Å². The predicted molar refractivity (Wildman–Crippen MR) is 86.1 cm³/mol. The van der Waals surface area contributed by atoms with E-state index in [4.69, 9.17) is 4.74 Å². The van der Waals surface area contributed by atoms with Gasteiger partial charge in [-0.3, -0.25) is 10.1 Å². The summed E-state index contributed by atoms with van der Waals surface area (Å²) >= 11 is 3.34. The molecule has 0 amide bonds. The van der Waals surface area contributed by atoms with Crippen molar-refractivity contribution >= 4 is 33.7 Å². The molecule has 6 heteroatoms. The summed E-state index contributed by atoms with van der Waals surface area (Å²) in [6.45, 7) is 0.164. The number of hydrogen-bond donors (Lipinski definition) is 0. The highest BCUT2D eigenvalue weighted by atomic mass is 79.9. The maximum absolute atomic E-state index is 11.6. The molecule has 5 nitrogen and oxygen atoms in total. The number of carbonyl (C=O) groups is 1. The normalized spacial score (nSPS) is 10.6. The fraction of sp³-hybridized carbons (Fsp3) is 0.0625. The van der Waals surface area contributed by atoms with Gasteiger partial charge in [0.25, 0.3) is 5.69 Å². The Balaban J connectivity index is 1.94. The average Bonchev–Trinajstić information content (AvgIpc) is 2.51. The molecular formula is C16H12BrNO4. The number of esters is 1. The van der Waals surface area contributed by atoms with E-state index in [9.17, 15) is 14.9 Å². The van der Waals surface area contributed by atoms with Crippen molar-refractivity contribution < 1.29 is 14.5 Å². The molecule has 112 valence electrons. The van der Waals surface area contributed by atoms with E-state index >= 15 is 0 Å². The number of non-ortho nitro benzene ring substituents is 1. The van der Waals surface area contributed by atoms with Crippen molar-refractivity contribution in [2.75, 3.05) is 0 Å². The van der Waals surface area contributed by atoms with Crippen LogP contribution in [0.2, 0.25) is 0 Å². The molecule has 0 spiro atoms. The van der Waals surface area contributed by atoms with Gasteiger partial charge in [-0.1, -0.05) is 40.2 Å². The van der Waals surface area contributed by atoms with Crippen LogP contribution in [0.4, 0.5) is 5.69 Å². The zero-order valence-electron chi connectivity index (χ0n) is 11.4. The highest BCUT2D eigenvalue weighted by molar-refractivity contribution is 9.10. The highest BCUT2D eigenvalue weighted by Gasteiger charge is 2.04. The van der Waals surface area contributed by atoms with Crippen LogP contribution in [0.25, 0.3) is 6.08 Å². The molecule has 0 heterocycles. The summed E-state index contributed by atoms with van der Waals surface area (Å²) in [4.78, 5) is 21.8. The number of rotatable bonds is 5. The molecule has 2 rings (SSSR count). The molecule has 2 aromatic carbocycles. The van der Waals surface area contributed by atoms with Crippen LogP contribution in [0.15, 0.2) is 59.1 Å². The molecule has 0 aliphatic heterocycles. The lowest BCUT2D eigenvalue weighted by atomic mass is 10.2. The summed E-state index contributed by atoms with van der Waals surface area (Å²) in [6.07, 6.45) is 2.73. The monoisotopic (exact) mass is 361 g/mol. The molecule has 0 aliphatic carbocycles. The van der Waals surface area contributed by atoms with E-state index < -0.39 is 10.9 Å². The molecule has 0 fully saturated rings. The standard InChI is InChI=1S/C16H12BrNO4/c17-14-5-1-4-13(9-14)11-22-16(19)8-7-12-3-2-6-15(10-12)18(20)21/h1-10H,11H2. The topological polar surface area (TPSA) is 69.4 Å². The maximum atomic E-state index is 11.6. The molecule has 0 saturated carbocycles. The molecule has 0 aliphatic rings. The lowest BCUT2D eigenvalue weighted by Crippen LogP contribution is -2.00. The zero-order valence-corrected chi connectivity index (χ0v) is 13.0. The number of carbonyl (C=O) groups excluding carboxylic acids is 1. The van der Waals surface area contributed by atoms with Crippen LogP contribution < -0.4 is 0 Å². The van der Waals surface area contributed by atoms with Crippen LogP contribution >= 0.6 is 15.9 Å². The van der Waals surface area contributed by atoms with Gasteiger partial charge in [-0.2, -0.15) is 0 Å². The van der Waals surface area contributed by atoms with Gasteiger partial charge in [-0.15, -0.1) is 0 Å². The van der Waals surface area contributed by atoms with E-state index in [0.29, 0.717) is 5.56 Å². The third-order valence-electron chi connectivity index (χ3n) is 2.76. The Morgan fingerprint density at radius 1 is 1.23 bits per heavy atom. The Labute approximate surface area is 135 Å². The summed E-state index contributed by atoms with van der Waals surface area (Å²) in [5, 5.41) is 10.7. The fourth-order valence-electron chi connectivity index (χ4n) is 1.74. The minimum Gasteiger partial charge on any atom is -0.458 e. The van der Waals surface area contributed by atoms with Crippen LogP contribution in [0.3, 0.4) is 0 Å². The average molecular weight is 362 g/mol. The van der Waals surface area contributed by atoms with E-state index in [2.05, 4.69) is 15.9 Å². The van der Waals surface area contributed by atoms with E-state index in [1.807, 2.05) is 24.3 Å². The first-order valence-corrected chi connectivity index (χ1v) is 7.17. The van der Waals surface area contributed by atoms with Gasteiger partial charge >= 0.3 is 5.97 Å². The summed E-state index contributed by atoms with van der Waals surface area (Å²) in [7, 11) is 0. The molecule has 0 saturated heterocycles. The minimum absolute atomic E-state index is 0.0235. The van der Waals surface area contributed by atoms with Crippen LogP contribution in [0.5, 0.6) is 0 Å². The molecule has 0 radical (unpaired) electrons. The summed E-state index contributed by atoms with van der Waals surface area (Å²) in [6, 6.07) is 13.5. The molecule has 2 aromatic rings. The van der Waals surface area contributed by atoms with Crippen molar-refractivity contribution in [3.8, 4) is 0 Å². The zero-order chi connectivity index (χ0) is 15.9. The van der Waals surface area contributed by atoms with Crippen molar-refractivity contribution in [2.45, 2.75) is 6.61 Å². The van der Waals surface area contributed by atoms with Crippen molar-refractivity contribution in [1.29, 1.82) is 0 Å². The van der Waals surface area contributed by atoms with Gasteiger partial charge < -0.3 is 4.74 Å². The second kappa shape index (κ2) is 7.51. The van der Waals surface area contributed by atoms with E-state index in [0.717, 1.165) is 10.0 Å². The van der Waals surface area contributed by atoms with Crippen LogP contribution in [0.1, 0.15) is 11.1 Å². The molecular weight excluding hydrogens is 350 g/mol. The Hall–Kier alpha value is -2.47. The second-order valence-corrected chi connectivity index (χ2v) is 5.34. The Bertz CT molecular complexity index is 728. The molecule has 0 N–H and O–H groups in total. The van der Waals surface area contributed by atoms with Gasteiger partial charge in [-0.05, 0) is 29.3 Å². The number of nitro groups is 1. The smallest absolute Gasteiger partial charge is 0.331 e. The Morgan fingerprint density at radius 2 is 2.00 bits per heavy atom. The third kappa shape index (κ3) is 4.82. The number of benzene rings is 2. The van der Waals surface area contributed by atoms with Crippen LogP contribution in [-0.4, -0.2) is 10.9 Å². The minimum atomic E-state index is -0.508. The van der Waals surface area contributed by atoms with E-state index in [1.54, 1.807) is 12.1 Å². The number of nitro benzene ring substituents is 1. The molecule has 0 bridgehead atoms. The predicted octanol–water partition coefficient (Wildman–Crippen LogP) is 4.11. The van der Waals surface area contributed by atoms with E-state index in [-0.39, 0.29) is 12.3 Å². The van der Waals surface area contributed by atoms with Crippen LogP contribution in [0, 0.1) is 10.1 Å². The van der Waals surface area contributed by atoms with Crippen molar-refractivity contribution in [3.63, 3.8) is 0 Å². The highest BCUT2D eigenvalue weighted by Crippen LogP contribution is 2.15. The summed E-state index contributed by atoms with van der Waals surface area (Å²) in [5.41, 5.74) is 1.41. The largest absolute Gasteiger partial charge is 0.458 e. The van der Waals surface area contributed by atoms with Gasteiger partial charge in [-0.25, -0.2) is 4.79 Å². The van der Waals surface area contributed by atoms with Crippen molar-refractivity contribution in [2.24, 2.45) is 0 Å². The second-order valence-electron chi connectivity index (χ2n) is 4.42. The van der Waals surface area contributed by atoms with Gasteiger partial charge in [0.15, 0.2) is 0 Å². The quantitative estimate of drug-likeness (QED) is 0.347. The van der Waals surface area contributed by atoms with Crippen LogP contribution in [-0.2, 0) is 16.1 Å². The maximum Gasteiger partial charge on any atom is 0.331 e. The SMILES string of the molecule is O=C(C=Cc1cccc([N+](=O)[O-])c1)OCc1cccc(Br)c1. The Morgan fingerprint density at radius 3 is 2.73 bits per heavy atom. The third-order valence-corrected chi connectivity index (χ3v) is 3.26. The number of halogens is 1. The molecule has 22 heavy (non-hydrogen) atoms. The first-order valence-electron chi connectivity index (χ1n) is 6.38. The first kappa shape index (κ1) is 15.9. The molecule has 0 aromatic heterocycles. The summed E-state index contributed by atoms with van der Waals surface area (Å²) < 4.78 is 6.01.